The van der Waals surface area contributed by atoms with Crippen molar-refractivity contribution in [3.8, 4) is 0 Å². The number of nitrogens with zero attached hydrogens (tertiary/aromatic N) is 2. The van der Waals surface area contributed by atoms with Crippen molar-refractivity contribution in [1.82, 2.24) is 15.1 Å². The summed E-state index contributed by atoms with van der Waals surface area (Å²) in [6.07, 6.45) is 3.12. The number of piperidine rings is 1. The monoisotopic (exact) mass is 287 g/mol. The Morgan fingerprint density at radius 3 is 2.81 bits per heavy atom. The molecule has 1 amide bonds. The molecule has 0 aromatic heterocycles. The highest BCUT2D eigenvalue weighted by Crippen LogP contribution is 2.20. The number of likely N-dealkylation sites (tertiary alicyclic amines) is 1. The fourth-order valence-corrected chi connectivity index (χ4v) is 3.43. The van der Waals surface area contributed by atoms with E-state index in [4.69, 9.17) is 0 Å². The molecule has 2 aliphatic rings. The fraction of sp³-hybridized carbons (Fsp3) is 0.588. The van der Waals surface area contributed by atoms with Crippen LogP contribution in [0.5, 0.6) is 0 Å². The van der Waals surface area contributed by atoms with E-state index < -0.39 is 0 Å². The van der Waals surface area contributed by atoms with Crippen LogP contribution in [0.15, 0.2) is 24.3 Å². The summed E-state index contributed by atoms with van der Waals surface area (Å²) in [5, 5.41) is 3.41. The van der Waals surface area contributed by atoms with Gasteiger partial charge in [0.2, 0.25) is 5.91 Å². The molecule has 0 radical (unpaired) electrons. The highest BCUT2D eigenvalue weighted by molar-refractivity contribution is 5.82. The Balaban J connectivity index is 1.66. The molecule has 4 heteroatoms. The highest BCUT2D eigenvalue weighted by Gasteiger charge is 2.31. The van der Waals surface area contributed by atoms with Crippen molar-refractivity contribution in [3.05, 3.63) is 35.4 Å². The third-order valence-electron chi connectivity index (χ3n) is 4.82. The van der Waals surface area contributed by atoms with Gasteiger partial charge in [0, 0.05) is 25.7 Å². The van der Waals surface area contributed by atoms with Crippen LogP contribution in [0.4, 0.5) is 0 Å². The molecule has 2 atom stereocenters. The van der Waals surface area contributed by atoms with Gasteiger partial charge in [-0.2, -0.15) is 0 Å². The van der Waals surface area contributed by atoms with Crippen molar-refractivity contribution in [3.63, 3.8) is 0 Å². The Labute approximate surface area is 127 Å². The molecular formula is C17H25N3O. The summed E-state index contributed by atoms with van der Waals surface area (Å²) < 4.78 is 0. The molecule has 0 bridgehead atoms. The number of fused-ring (bicyclic) bond motifs is 1. The molecule has 0 saturated carbocycles. The SMILES string of the molecule is CN(C)C1CCCN(C(=O)[C@H]2Cc3ccccc3CN2)C1. The normalized spacial score (nSPS) is 25.8. The second kappa shape index (κ2) is 6.16. The number of hydrogen-bond acceptors (Lipinski definition) is 3. The lowest BCUT2D eigenvalue weighted by Crippen LogP contribution is -2.54. The Morgan fingerprint density at radius 2 is 2.05 bits per heavy atom. The summed E-state index contributed by atoms with van der Waals surface area (Å²) in [4.78, 5) is 17.1. The molecule has 1 N–H and O–H groups in total. The summed E-state index contributed by atoms with van der Waals surface area (Å²) in [5.74, 6) is 0.274. The second-order valence-corrected chi connectivity index (χ2v) is 6.45. The van der Waals surface area contributed by atoms with E-state index in [1.165, 1.54) is 17.5 Å². The average Bonchev–Trinajstić information content (AvgIpc) is 2.53. The first-order chi connectivity index (χ1) is 10.1. The van der Waals surface area contributed by atoms with Crippen molar-refractivity contribution in [2.24, 2.45) is 0 Å². The molecule has 0 spiro atoms. The van der Waals surface area contributed by atoms with Crippen molar-refractivity contribution < 1.29 is 4.79 Å². The fourth-order valence-electron chi connectivity index (χ4n) is 3.43. The minimum Gasteiger partial charge on any atom is -0.340 e. The van der Waals surface area contributed by atoms with Crippen LogP contribution in [0.2, 0.25) is 0 Å². The van der Waals surface area contributed by atoms with E-state index in [1.807, 2.05) is 0 Å². The average molecular weight is 287 g/mol. The number of amides is 1. The molecule has 114 valence electrons. The Kier molecular flexibility index (Phi) is 4.27. The number of benzene rings is 1. The van der Waals surface area contributed by atoms with E-state index >= 15 is 0 Å². The summed E-state index contributed by atoms with van der Waals surface area (Å²) in [7, 11) is 4.21. The Hall–Kier alpha value is -1.39. The van der Waals surface area contributed by atoms with Gasteiger partial charge < -0.3 is 15.1 Å². The van der Waals surface area contributed by atoms with E-state index in [2.05, 4.69) is 53.5 Å². The van der Waals surface area contributed by atoms with Gasteiger partial charge in [0.25, 0.3) is 0 Å². The van der Waals surface area contributed by atoms with Crippen molar-refractivity contribution in [1.29, 1.82) is 0 Å². The molecule has 2 heterocycles. The molecule has 1 aromatic carbocycles. The van der Waals surface area contributed by atoms with Gasteiger partial charge in [-0.15, -0.1) is 0 Å². The zero-order valence-corrected chi connectivity index (χ0v) is 13.0. The third-order valence-corrected chi connectivity index (χ3v) is 4.82. The van der Waals surface area contributed by atoms with Crippen LogP contribution >= 0.6 is 0 Å². The number of likely N-dealkylation sites (N-methyl/N-ethyl adjacent to an activating group) is 1. The zero-order chi connectivity index (χ0) is 14.8. The van der Waals surface area contributed by atoms with Crippen LogP contribution in [0.1, 0.15) is 24.0 Å². The first kappa shape index (κ1) is 14.5. The van der Waals surface area contributed by atoms with E-state index in [9.17, 15) is 4.79 Å². The number of carbonyl (C=O) groups excluding carboxylic acids is 1. The Bertz CT molecular complexity index is 515. The maximum absolute atomic E-state index is 12.8. The lowest BCUT2D eigenvalue weighted by molar-refractivity contribution is -0.135. The number of hydrogen-bond donors (Lipinski definition) is 1. The smallest absolute Gasteiger partial charge is 0.240 e. The van der Waals surface area contributed by atoms with Crippen LogP contribution in [-0.2, 0) is 17.8 Å². The molecule has 0 aliphatic carbocycles. The summed E-state index contributed by atoms with van der Waals surface area (Å²) in [6, 6.07) is 8.87. The van der Waals surface area contributed by atoms with Gasteiger partial charge in [-0.1, -0.05) is 24.3 Å². The van der Waals surface area contributed by atoms with E-state index in [-0.39, 0.29) is 11.9 Å². The van der Waals surface area contributed by atoms with Gasteiger partial charge >= 0.3 is 0 Å². The van der Waals surface area contributed by atoms with Gasteiger partial charge in [0.1, 0.15) is 0 Å². The number of carbonyl (C=O) groups is 1. The lowest BCUT2D eigenvalue weighted by atomic mass is 9.94. The van der Waals surface area contributed by atoms with Crippen LogP contribution in [0.25, 0.3) is 0 Å². The van der Waals surface area contributed by atoms with Crippen LogP contribution in [-0.4, -0.2) is 55.0 Å². The standard InChI is InChI=1S/C17H25N3O/c1-19(2)15-8-5-9-20(12-15)17(21)16-10-13-6-3-4-7-14(13)11-18-16/h3-4,6-7,15-16,18H,5,8-12H2,1-2H3/t15?,16-/m1/s1. The molecule has 3 rings (SSSR count). The molecule has 4 nitrogen and oxygen atoms in total. The second-order valence-electron chi connectivity index (χ2n) is 6.45. The minimum absolute atomic E-state index is 0.0548. The predicted octanol–water partition coefficient (Wildman–Crippen LogP) is 1.25. The third kappa shape index (κ3) is 3.11. The van der Waals surface area contributed by atoms with E-state index in [1.54, 1.807) is 0 Å². The van der Waals surface area contributed by atoms with E-state index in [0.29, 0.717) is 6.04 Å². The molecule has 1 unspecified atom stereocenters. The molecule has 1 fully saturated rings. The maximum Gasteiger partial charge on any atom is 0.240 e. The van der Waals surface area contributed by atoms with Gasteiger partial charge in [0.15, 0.2) is 0 Å². The predicted molar refractivity (Wildman–Crippen MR) is 84.1 cm³/mol. The number of rotatable bonds is 2. The largest absolute Gasteiger partial charge is 0.340 e. The van der Waals surface area contributed by atoms with Crippen LogP contribution in [0, 0.1) is 0 Å². The highest BCUT2D eigenvalue weighted by atomic mass is 16.2. The first-order valence-corrected chi connectivity index (χ1v) is 7.90. The Morgan fingerprint density at radius 1 is 1.29 bits per heavy atom. The van der Waals surface area contributed by atoms with Crippen molar-refractivity contribution >= 4 is 5.91 Å². The van der Waals surface area contributed by atoms with Gasteiger partial charge in [-0.3, -0.25) is 4.79 Å². The number of nitrogens with one attached hydrogen (secondary N) is 1. The first-order valence-electron chi connectivity index (χ1n) is 7.90. The summed E-state index contributed by atoms with van der Waals surface area (Å²) in [5.41, 5.74) is 2.64. The molecule has 1 aromatic rings. The zero-order valence-electron chi connectivity index (χ0n) is 13.0. The van der Waals surface area contributed by atoms with Crippen LogP contribution < -0.4 is 5.32 Å². The van der Waals surface area contributed by atoms with Gasteiger partial charge in [0.05, 0.1) is 6.04 Å². The summed E-state index contributed by atoms with van der Waals surface area (Å²) >= 11 is 0. The quantitative estimate of drug-likeness (QED) is 0.889. The lowest BCUT2D eigenvalue weighted by Gasteiger charge is -2.38. The topological polar surface area (TPSA) is 35.6 Å². The molecule has 2 aliphatic heterocycles. The van der Waals surface area contributed by atoms with Crippen molar-refractivity contribution in [2.75, 3.05) is 27.2 Å². The van der Waals surface area contributed by atoms with E-state index in [0.717, 1.165) is 32.5 Å². The summed E-state index contributed by atoms with van der Waals surface area (Å²) in [6.45, 7) is 2.58. The maximum atomic E-state index is 12.8. The van der Waals surface area contributed by atoms with Gasteiger partial charge in [-0.05, 0) is 44.5 Å². The molecular weight excluding hydrogens is 262 g/mol. The van der Waals surface area contributed by atoms with Gasteiger partial charge in [-0.25, -0.2) is 0 Å². The minimum atomic E-state index is -0.0548. The molecule has 1 saturated heterocycles. The van der Waals surface area contributed by atoms with Crippen molar-refractivity contribution in [2.45, 2.75) is 37.9 Å². The van der Waals surface area contributed by atoms with Crippen LogP contribution in [0.3, 0.4) is 0 Å². The molecule has 21 heavy (non-hydrogen) atoms.